The third kappa shape index (κ3) is 2.31. The zero-order valence-electron chi connectivity index (χ0n) is 14.6. The molecular weight excluding hydrogens is 326 g/mol. The summed E-state index contributed by atoms with van der Waals surface area (Å²) in [5, 5.41) is 10.7. The van der Waals surface area contributed by atoms with Gasteiger partial charge in [0.25, 0.3) is 0 Å². The van der Waals surface area contributed by atoms with E-state index in [1.165, 1.54) is 0 Å². The lowest BCUT2D eigenvalue weighted by atomic mass is 10.00. The van der Waals surface area contributed by atoms with E-state index in [0.717, 1.165) is 18.8 Å². The zero-order valence-corrected chi connectivity index (χ0v) is 14.6. The van der Waals surface area contributed by atoms with Gasteiger partial charge in [-0.25, -0.2) is 4.98 Å². The SMILES string of the molecule is CCN(CC)c1ccc2nc3c4ccccc4c(=O)c(C#N)c-3oc2c1. The molecule has 0 bridgehead atoms. The third-order valence-electron chi connectivity index (χ3n) is 4.72. The van der Waals surface area contributed by atoms with Crippen LogP contribution in [0.1, 0.15) is 19.4 Å². The fraction of sp³-hybridized carbons (Fsp3) is 0.190. The van der Waals surface area contributed by atoms with Crippen LogP contribution in [0.4, 0.5) is 5.69 Å². The lowest BCUT2D eigenvalue weighted by Crippen LogP contribution is -2.21. The Morgan fingerprint density at radius 1 is 1.12 bits per heavy atom. The Morgan fingerprint density at radius 2 is 1.85 bits per heavy atom. The van der Waals surface area contributed by atoms with Gasteiger partial charge in [-0.05, 0) is 26.0 Å². The minimum atomic E-state index is -0.319. The summed E-state index contributed by atoms with van der Waals surface area (Å²) in [4.78, 5) is 19.6. The summed E-state index contributed by atoms with van der Waals surface area (Å²) in [7, 11) is 0. The minimum Gasteiger partial charge on any atom is -0.451 e. The van der Waals surface area contributed by atoms with Gasteiger partial charge in [-0.3, -0.25) is 4.79 Å². The fourth-order valence-corrected chi connectivity index (χ4v) is 3.37. The van der Waals surface area contributed by atoms with Gasteiger partial charge in [0.15, 0.2) is 11.3 Å². The predicted octanol–water partition coefficient (Wildman–Crippen LogP) is 4.16. The van der Waals surface area contributed by atoms with E-state index in [1.807, 2.05) is 36.4 Å². The van der Waals surface area contributed by atoms with E-state index >= 15 is 0 Å². The van der Waals surface area contributed by atoms with E-state index in [9.17, 15) is 10.1 Å². The van der Waals surface area contributed by atoms with Gasteiger partial charge in [0.1, 0.15) is 22.8 Å². The number of benzene rings is 3. The van der Waals surface area contributed by atoms with Crippen molar-refractivity contribution < 1.29 is 4.42 Å². The molecule has 0 unspecified atom stereocenters. The maximum absolute atomic E-state index is 12.7. The number of nitriles is 1. The number of anilines is 1. The zero-order chi connectivity index (χ0) is 18.3. The molecule has 2 aromatic carbocycles. The summed E-state index contributed by atoms with van der Waals surface area (Å²) in [6.45, 7) is 5.93. The van der Waals surface area contributed by atoms with E-state index in [1.54, 1.807) is 12.1 Å². The smallest absolute Gasteiger partial charge is 0.208 e. The maximum Gasteiger partial charge on any atom is 0.208 e. The largest absolute Gasteiger partial charge is 0.451 e. The quantitative estimate of drug-likeness (QED) is 0.412. The Hall–Kier alpha value is -3.39. The molecule has 0 aromatic heterocycles. The van der Waals surface area contributed by atoms with Crippen molar-refractivity contribution in [3.63, 3.8) is 0 Å². The summed E-state index contributed by atoms with van der Waals surface area (Å²) in [6, 6.07) is 15.0. The molecule has 0 N–H and O–H groups in total. The second-order valence-electron chi connectivity index (χ2n) is 6.08. The molecule has 0 atom stereocenters. The Morgan fingerprint density at radius 3 is 2.54 bits per heavy atom. The molecule has 5 heteroatoms. The molecule has 0 saturated carbocycles. The molecule has 1 aliphatic heterocycles. The van der Waals surface area contributed by atoms with Gasteiger partial charge in [0.2, 0.25) is 5.43 Å². The van der Waals surface area contributed by atoms with Crippen molar-refractivity contribution in [1.82, 2.24) is 4.98 Å². The van der Waals surface area contributed by atoms with Crippen molar-refractivity contribution in [3.05, 3.63) is 58.3 Å². The van der Waals surface area contributed by atoms with E-state index in [0.29, 0.717) is 27.6 Å². The average Bonchev–Trinajstić information content (AvgIpc) is 2.68. The molecule has 0 amide bonds. The van der Waals surface area contributed by atoms with Gasteiger partial charge in [-0.2, -0.15) is 5.26 Å². The lowest BCUT2D eigenvalue weighted by Gasteiger charge is -2.21. The molecule has 0 radical (unpaired) electrons. The topological polar surface area (TPSA) is 70.1 Å². The van der Waals surface area contributed by atoms with Crippen LogP contribution in [0, 0.1) is 11.3 Å². The number of fused-ring (bicyclic) bond motifs is 4. The van der Waals surface area contributed by atoms with Gasteiger partial charge >= 0.3 is 0 Å². The van der Waals surface area contributed by atoms with Crippen molar-refractivity contribution >= 4 is 27.6 Å². The molecular formula is C21H17N3O2. The van der Waals surface area contributed by atoms with Gasteiger partial charge in [-0.15, -0.1) is 0 Å². The highest BCUT2D eigenvalue weighted by atomic mass is 16.3. The van der Waals surface area contributed by atoms with Crippen LogP contribution in [0.3, 0.4) is 0 Å². The monoisotopic (exact) mass is 343 g/mol. The van der Waals surface area contributed by atoms with E-state index < -0.39 is 0 Å². The highest BCUT2D eigenvalue weighted by Gasteiger charge is 2.22. The number of aromatic nitrogens is 1. The van der Waals surface area contributed by atoms with Crippen molar-refractivity contribution in [3.8, 4) is 17.5 Å². The Kier molecular flexibility index (Phi) is 3.81. The van der Waals surface area contributed by atoms with Crippen LogP contribution in [0.25, 0.3) is 33.3 Å². The lowest BCUT2D eigenvalue weighted by molar-refractivity contribution is 0.612. The summed E-state index contributed by atoms with van der Waals surface area (Å²) >= 11 is 0. The molecule has 0 fully saturated rings. The molecule has 5 nitrogen and oxygen atoms in total. The summed E-state index contributed by atoms with van der Waals surface area (Å²) in [5.74, 6) is 0.250. The van der Waals surface area contributed by atoms with Gasteiger partial charge in [0.05, 0.1) is 0 Å². The van der Waals surface area contributed by atoms with E-state index in [4.69, 9.17) is 9.40 Å². The van der Waals surface area contributed by atoms with Crippen LogP contribution in [0.15, 0.2) is 51.7 Å². The molecule has 2 aromatic rings. The number of rotatable bonds is 3. The summed E-state index contributed by atoms with van der Waals surface area (Å²) in [5.41, 5.74) is 2.50. The van der Waals surface area contributed by atoms with E-state index in [-0.39, 0.29) is 16.8 Å². The van der Waals surface area contributed by atoms with Gasteiger partial charge in [-0.1, -0.05) is 24.3 Å². The molecule has 0 saturated heterocycles. The molecule has 128 valence electrons. The number of nitrogens with zero attached hydrogens (tertiary/aromatic N) is 3. The first kappa shape index (κ1) is 16.1. The molecule has 2 aliphatic rings. The maximum atomic E-state index is 12.7. The van der Waals surface area contributed by atoms with Crippen molar-refractivity contribution in [2.45, 2.75) is 13.8 Å². The van der Waals surface area contributed by atoms with Crippen molar-refractivity contribution in [1.29, 1.82) is 5.26 Å². The first-order chi connectivity index (χ1) is 12.7. The fourth-order valence-electron chi connectivity index (χ4n) is 3.37. The molecule has 1 heterocycles. The Bertz CT molecular complexity index is 1200. The predicted molar refractivity (Wildman–Crippen MR) is 103 cm³/mol. The van der Waals surface area contributed by atoms with Crippen LogP contribution < -0.4 is 10.3 Å². The van der Waals surface area contributed by atoms with E-state index in [2.05, 4.69) is 18.7 Å². The van der Waals surface area contributed by atoms with Crippen LogP contribution >= 0.6 is 0 Å². The minimum absolute atomic E-state index is 0.00124. The number of hydrogen-bond acceptors (Lipinski definition) is 5. The second kappa shape index (κ2) is 6.16. The van der Waals surface area contributed by atoms with Crippen LogP contribution in [-0.4, -0.2) is 18.1 Å². The van der Waals surface area contributed by atoms with Gasteiger partial charge < -0.3 is 9.32 Å². The summed E-state index contributed by atoms with van der Waals surface area (Å²) in [6.07, 6.45) is 0. The van der Waals surface area contributed by atoms with Crippen molar-refractivity contribution in [2.75, 3.05) is 18.0 Å². The van der Waals surface area contributed by atoms with Crippen LogP contribution in [0.2, 0.25) is 0 Å². The average molecular weight is 343 g/mol. The van der Waals surface area contributed by atoms with Crippen LogP contribution in [-0.2, 0) is 0 Å². The normalized spacial score (nSPS) is 11.1. The standard InChI is InChI=1S/C21H17N3O2/c1-3-24(4-2)13-9-10-17-18(11-13)26-21-16(12-22)20(25)15-8-6-5-7-14(15)19(21)23-17/h5-11H,3-4H2,1-2H3. The first-order valence-electron chi connectivity index (χ1n) is 8.62. The molecule has 4 rings (SSSR count). The van der Waals surface area contributed by atoms with Crippen LogP contribution in [0.5, 0.6) is 0 Å². The summed E-state index contributed by atoms with van der Waals surface area (Å²) < 4.78 is 6.03. The highest BCUT2D eigenvalue weighted by molar-refractivity contribution is 5.98. The molecule has 1 aliphatic carbocycles. The molecule has 0 spiro atoms. The Balaban J connectivity index is 2.11. The number of hydrogen-bond donors (Lipinski definition) is 0. The van der Waals surface area contributed by atoms with Gasteiger partial charge in [0, 0.05) is 35.6 Å². The van der Waals surface area contributed by atoms with Crippen molar-refractivity contribution in [2.24, 2.45) is 0 Å². The molecule has 26 heavy (non-hydrogen) atoms. The Labute approximate surface area is 150 Å². The second-order valence-corrected chi connectivity index (χ2v) is 6.08. The highest BCUT2D eigenvalue weighted by Crippen LogP contribution is 2.33. The first-order valence-corrected chi connectivity index (χ1v) is 8.62. The third-order valence-corrected chi connectivity index (χ3v) is 4.72.